The smallest absolute Gasteiger partial charge is 0.445 e. The second-order valence-electron chi connectivity index (χ2n) is 3.75. The molecular formula is C8H7BF4KN3O3S. The largest absolute Gasteiger partial charge is 1.00 e. The van der Waals surface area contributed by atoms with Gasteiger partial charge in [-0.2, -0.15) is 8.42 Å². The standard InChI is InChI=1S/C8H7BF4N3O3S.K/c1-5-7(9(10,11)12)2-6(4-15-16-14)3-8(5)19-20(13,17)18;/h2-3H,4H2,1H3;/q-1;+1. The van der Waals surface area contributed by atoms with Gasteiger partial charge in [0.25, 0.3) is 0 Å². The second-order valence-corrected chi connectivity index (χ2v) is 4.70. The first-order valence-corrected chi connectivity index (χ1v) is 6.33. The molecule has 0 heterocycles. The van der Waals surface area contributed by atoms with E-state index in [0.717, 1.165) is 13.0 Å². The number of rotatable bonds is 5. The molecule has 0 radical (unpaired) electrons. The van der Waals surface area contributed by atoms with Gasteiger partial charge >= 0.3 is 68.9 Å². The quantitative estimate of drug-likeness (QED) is 0.178. The van der Waals surface area contributed by atoms with E-state index in [1.165, 1.54) is 0 Å². The molecule has 0 aliphatic heterocycles. The van der Waals surface area contributed by atoms with Crippen molar-refractivity contribution in [3.8, 4) is 5.75 Å². The van der Waals surface area contributed by atoms with Crippen LogP contribution in [0.3, 0.4) is 0 Å². The molecule has 21 heavy (non-hydrogen) atoms. The monoisotopic (exact) mass is 351 g/mol. The molecular weight excluding hydrogens is 344 g/mol. The van der Waals surface area contributed by atoms with Gasteiger partial charge < -0.3 is 17.1 Å². The van der Waals surface area contributed by atoms with Crippen LogP contribution in [0.2, 0.25) is 0 Å². The number of halogens is 4. The normalized spacial score (nSPS) is 11.3. The van der Waals surface area contributed by atoms with Crippen LogP contribution in [-0.4, -0.2) is 15.4 Å². The molecule has 1 aromatic carbocycles. The van der Waals surface area contributed by atoms with Crippen LogP contribution in [0.25, 0.3) is 10.4 Å². The number of hydrogen-bond acceptors (Lipinski definition) is 4. The summed E-state index contributed by atoms with van der Waals surface area (Å²) in [5.41, 5.74) is 6.26. The molecule has 0 amide bonds. The Labute approximate surface area is 160 Å². The van der Waals surface area contributed by atoms with Gasteiger partial charge in [0, 0.05) is 4.91 Å². The Morgan fingerprint density at radius 2 is 1.95 bits per heavy atom. The van der Waals surface area contributed by atoms with Crippen LogP contribution < -0.4 is 61.0 Å². The Morgan fingerprint density at radius 3 is 2.38 bits per heavy atom. The van der Waals surface area contributed by atoms with E-state index in [0.29, 0.717) is 6.07 Å². The van der Waals surface area contributed by atoms with Crippen molar-refractivity contribution in [1.29, 1.82) is 0 Å². The van der Waals surface area contributed by atoms with Crippen LogP contribution in [0.4, 0.5) is 16.8 Å². The Hall–Kier alpha value is -0.299. The van der Waals surface area contributed by atoms with Gasteiger partial charge in [0.05, 0.1) is 6.54 Å². The van der Waals surface area contributed by atoms with Crippen molar-refractivity contribution in [3.05, 3.63) is 33.7 Å². The van der Waals surface area contributed by atoms with E-state index in [4.69, 9.17) is 5.53 Å². The average molecular weight is 351 g/mol. The Morgan fingerprint density at radius 1 is 1.38 bits per heavy atom. The van der Waals surface area contributed by atoms with Gasteiger partial charge in [-0.3, -0.25) is 0 Å². The minimum absolute atomic E-state index is 0. The third kappa shape index (κ3) is 6.55. The molecule has 0 atom stereocenters. The van der Waals surface area contributed by atoms with E-state index >= 15 is 0 Å². The summed E-state index contributed by atoms with van der Waals surface area (Å²) in [6.45, 7) is -4.98. The van der Waals surface area contributed by atoms with Gasteiger partial charge in [0.1, 0.15) is 5.75 Å². The average Bonchev–Trinajstić information content (AvgIpc) is 2.26. The van der Waals surface area contributed by atoms with E-state index in [1.54, 1.807) is 0 Å². The minimum atomic E-state index is -5.47. The Balaban J connectivity index is 0.00000400. The maximum Gasteiger partial charge on any atom is 1.00 e. The third-order valence-corrected chi connectivity index (χ3v) is 2.70. The molecule has 0 aliphatic carbocycles. The summed E-state index contributed by atoms with van der Waals surface area (Å²) in [6.07, 6.45) is 0. The summed E-state index contributed by atoms with van der Waals surface area (Å²) in [5.74, 6) is -0.799. The minimum Gasteiger partial charge on any atom is -0.445 e. The Kier molecular flexibility index (Phi) is 7.70. The number of azide groups is 1. The summed E-state index contributed by atoms with van der Waals surface area (Å²) < 4.78 is 75.6. The van der Waals surface area contributed by atoms with Gasteiger partial charge in [0.15, 0.2) is 0 Å². The fraction of sp³-hybridized carbons (Fsp3) is 0.250. The first kappa shape index (κ1) is 20.7. The molecule has 0 bridgehead atoms. The van der Waals surface area contributed by atoms with Crippen LogP contribution in [0.5, 0.6) is 5.75 Å². The van der Waals surface area contributed by atoms with Gasteiger partial charge in [-0.05, 0) is 29.6 Å². The molecule has 0 aromatic heterocycles. The fourth-order valence-corrected chi connectivity index (χ4v) is 1.89. The molecule has 0 saturated carbocycles. The topological polar surface area (TPSA) is 92.1 Å². The first-order valence-electron chi connectivity index (χ1n) is 5.03. The molecule has 1 aromatic rings. The van der Waals surface area contributed by atoms with E-state index in [2.05, 4.69) is 14.2 Å². The van der Waals surface area contributed by atoms with Crippen LogP contribution in [0.1, 0.15) is 11.1 Å². The van der Waals surface area contributed by atoms with Crippen molar-refractivity contribution in [2.45, 2.75) is 13.5 Å². The summed E-state index contributed by atoms with van der Waals surface area (Å²) >= 11 is 0. The zero-order valence-corrected chi connectivity index (χ0v) is 14.9. The van der Waals surface area contributed by atoms with Crippen molar-refractivity contribution in [3.63, 3.8) is 0 Å². The molecule has 0 saturated heterocycles. The third-order valence-electron chi connectivity index (χ3n) is 2.32. The predicted molar refractivity (Wildman–Crippen MR) is 63.4 cm³/mol. The van der Waals surface area contributed by atoms with Crippen molar-refractivity contribution in [2.24, 2.45) is 5.11 Å². The maximum absolute atomic E-state index is 12.8. The van der Waals surface area contributed by atoms with Crippen molar-refractivity contribution >= 4 is 22.9 Å². The molecule has 0 unspecified atom stereocenters. The summed E-state index contributed by atoms with van der Waals surface area (Å²) in [4.78, 5) is 2.37. The number of nitrogens with zero attached hydrogens (tertiary/aromatic N) is 3. The van der Waals surface area contributed by atoms with E-state index < -0.39 is 40.8 Å². The number of hydrogen-bond donors (Lipinski definition) is 0. The van der Waals surface area contributed by atoms with Crippen molar-refractivity contribution in [1.82, 2.24) is 0 Å². The van der Waals surface area contributed by atoms with Gasteiger partial charge in [0.2, 0.25) is 0 Å². The summed E-state index contributed by atoms with van der Waals surface area (Å²) in [5, 5.41) is 3.05. The first-order chi connectivity index (χ1) is 9.04. The zero-order chi connectivity index (χ0) is 15.6. The van der Waals surface area contributed by atoms with Crippen LogP contribution in [-0.2, 0) is 17.0 Å². The predicted octanol–water partition coefficient (Wildman–Crippen LogP) is -0.543. The van der Waals surface area contributed by atoms with Crippen LogP contribution >= 0.6 is 0 Å². The second kappa shape index (κ2) is 7.81. The SMILES string of the molecule is Cc1c(OS(=O)(=O)F)cc(CN=[N+]=[N-])cc1[B-](F)(F)F.[K+]. The molecule has 0 aliphatic rings. The van der Waals surface area contributed by atoms with E-state index in [-0.39, 0.29) is 56.9 Å². The molecule has 110 valence electrons. The Bertz CT molecular complexity index is 676. The molecule has 0 fully saturated rings. The summed E-state index contributed by atoms with van der Waals surface area (Å²) in [6, 6.07) is 1.56. The van der Waals surface area contributed by atoms with Crippen LogP contribution in [0, 0.1) is 6.92 Å². The van der Waals surface area contributed by atoms with Gasteiger partial charge in [-0.15, -0.1) is 5.46 Å². The van der Waals surface area contributed by atoms with Gasteiger partial charge in [-0.1, -0.05) is 15.1 Å². The van der Waals surface area contributed by atoms with Crippen molar-refractivity contribution < 1.29 is 80.8 Å². The maximum atomic E-state index is 12.8. The fourth-order valence-electron chi connectivity index (χ4n) is 1.51. The molecule has 6 nitrogen and oxygen atoms in total. The van der Waals surface area contributed by atoms with Crippen molar-refractivity contribution in [2.75, 3.05) is 0 Å². The molecule has 13 heteroatoms. The molecule has 0 N–H and O–H groups in total. The zero-order valence-electron chi connectivity index (χ0n) is 10.9. The van der Waals surface area contributed by atoms with Crippen LogP contribution in [0.15, 0.2) is 17.2 Å². The van der Waals surface area contributed by atoms with E-state index in [9.17, 15) is 25.3 Å². The van der Waals surface area contributed by atoms with Gasteiger partial charge in [-0.25, -0.2) is 0 Å². The summed E-state index contributed by atoms with van der Waals surface area (Å²) in [7, 11) is -5.46. The molecule has 1 rings (SSSR count). The molecule has 0 spiro atoms. The number of benzene rings is 1. The van der Waals surface area contributed by atoms with E-state index in [1.807, 2.05) is 0 Å².